The first kappa shape index (κ1) is 12.9. The Bertz CT molecular complexity index is 356. The molecule has 0 spiro atoms. The number of rotatable bonds is 3. The van der Waals surface area contributed by atoms with Gasteiger partial charge < -0.3 is 4.74 Å². The van der Waals surface area contributed by atoms with Gasteiger partial charge in [0.05, 0.1) is 0 Å². The number of aryl methyl sites for hydroxylation is 1. The molecule has 0 saturated heterocycles. The van der Waals surface area contributed by atoms with E-state index in [1.54, 1.807) is 19.1 Å². The van der Waals surface area contributed by atoms with Crippen molar-refractivity contribution in [3.05, 3.63) is 36.2 Å². The third-order valence-corrected chi connectivity index (χ3v) is 2.27. The van der Waals surface area contributed by atoms with Gasteiger partial charge in [-0.1, -0.05) is 26.0 Å². The predicted molar refractivity (Wildman–Crippen MR) is 56.3 cm³/mol. The molecule has 0 bridgehead atoms. The van der Waals surface area contributed by atoms with Crippen molar-refractivity contribution in [1.29, 1.82) is 0 Å². The van der Waals surface area contributed by atoms with Crippen LogP contribution < -0.4 is 4.74 Å². The summed E-state index contributed by atoms with van der Waals surface area (Å²) in [5.74, 6) is -0.190. The van der Waals surface area contributed by atoms with Gasteiger partial charge in [-0.3, -0.25) is 0 Å². The van der Waals surface area contributed by atoms with Gasteiger partial charge in [-0.05, 0) is 36.5 Å². The van der Waals surface area contributed by atoms with Crippen molar-refractivity contribution < 1.29 is 17.9 Å². The Morgan fingerprint density at radius 2 is 2.00 bits per heavy atom. The number of hydrogen-bond acceptors (Lipinski definition) is 1. The van der Waals surface area contributed by atoms with Crippen LogP contribution in [0.5, 0.6) is 5.75 Å². The molecule has 0 amide bonds. The Hall–Kier alpha value is -1.19. The highest BCUT2D eigenvalue weighted by Gasteiger charge is 2.32. The van der Waals surface area contributed by atoms with Crippen molar-refractivity contribution in [2.24, 2.45) is 0 Å². The van der Waals surface area contributed by atoms with Crippen molar-refractivity contribution in [1.82, 2.24) is 0 Å². The fraction of sp³-hybridized carbons (Fsp3) is 0.417. The van der Waals surface area contributed by atoms with E-state index in [4.69, 9.17) is 0 Å². The van der Waals surface area contributed by atoms with Crippen LogP contribution in [0.1, 0.15) is 30.9 Å². The molecule has 1 aromatic rings. The van der Waals surface area contributed by atoms with E-state index in [-0.39, 0.29) is 11.7 Å². The maximum absolute atomic E-state index is 12.2. The second-order valence-corrected chi connectivity index (χ2v) is 3.67. The zero-order valence-corrected chi connectivity index (χ0v) is 9.27. The third-order valence-electron chi connectivity index (χ3n) is 2.27. The van der Waals surface area contributed by atoms with Crippen LogP contribution in [-0.4, -0.2) is 6.36 Å². The molecular formula is C12H14F3O. The summed E-state index contributed by atoms with van der Waals surface area (Å²) in [5, 5.41) is 0. The molecule has 89 valence electrons. The second-order valence-electron chi connectivity index (χ2n) is 3.67. The minimum atomic E-state index is -4.65. The zero-order chi connectivity index (χ0) is 12.3. The Morgan fingerprint density at radius 1 is 1.38 bits per heavy atom. The summed E-state index contributed by atoms with van der Waals surface area (Å²) in [5.41, 5.74) is 1.28. The van der Waals surface area contributed by atoms with Crippen LogP contribution in [-0.2, 0) is 6.42 Å². The molecule has 1 radical (unpaired) electrons. The summed E-state index contributed by atoms with van der Waals surface area (Å²) in [6, 6.07) is 4.84. The lowest BCUT2D eigenvalue weighted by Gasteiger charge is -2.15. The van der Waals surface area contributed by atoms with E-state index in [0.29, 0.717) is 12.0 Å². The van der Waals surface area contributed by atoms with Crippen molar-refractivity contribution in [2.45, 2.75) is 32.5 Å². The molecule has 0 aliphatic carbocycles. The summed E-state index contributed by atoms with van der Waals surface area (Å²) in [6.07, 6.45) is -4.15. The van der Waals surface area contributed by atoms with Crippen molar-refractivity contribution >= 4 is 0 Å². The van der Waals surface area contributed by atoms with Gasteiger partial charge in [-0.2, -0.15) is 0 Å². The van der Waals surface area contributed by atoms with Crippen molar-refractivity contribution in [3.8, 4) is 5.75 Å². The first-order valence-corrected chi connectivity index (χ1v) is 5.05. The summed E-state index contributed by atoms with van der Waals surface area (Å²) >= 11 is 0. The van der Waals surface area contributed by atoms with Crippen molar-refractivity contribution in [3.63, 3.8) is 0 Å². The van der Waals surface area contributed by atoms with Gasteiger partial charge in [-0.15, -0.1) is 13.2 Å². The molecule has 1 unspecified atom stereocenters. The largest absolute Gasteiger partial charge is 0.573 e. The molecule has 16 heavy (non-hydrogen) atoms. The Morgan fingerprint density at radius 3 is 2.44 bits per heavy atom. The van der Waals surface area contributed by atoms with E-state index < -0.39 is 6.36 Å². The molecule has 0 heterocycles. The molecule has 0 aliphatic rings. The summed E-state index contributed by atoms with van der Waals surface area (Å²) in [6.45, 7) is 7.37. The summed E-state index contributed by atoms with van der Waals surface area (Å²) < 4.78 is 40.4. The molecule has 0 aromatic heterocycles. The van der Waals surface area contributed by atoms with Crippen LogP contribution in [0.25, 0.3) is 0 Å². The Kier molecular flexibility index (Phi) is 3.83. The fourth-order valence-electron chi connectivity index (χ4n) is 1.39. The van der Waals surface area contributed by atoms with Gasteiger partial charge in [0, 0.05) is 0 Å². The average molecular weight is 231 g/mol. The normalized spacial score (nSPS) is 11.9. The fourth-order valence-corrected chi connectivity index (χ4v) is 1.39. The lowest BCUT2D eigenvalue weighted by atomic mass is 10.0. The maximum Gasteiger partial charge on any atom is 0.573 e. The molecule has 1 nitrogen and oxygen atoms in total. The second kappa shape index (κ2) is 4.76. The molecule has 4 heteroatoms. The standard InChI is InChI=1S/C12H14F3O/c1-4-9-5-6-10(8(2)3)7-11(9)16-12(13,14)15/h5-8H,2,4H2,1,3H3. The van der Waals surface area contributed by atoms with E-state index in [1.165, 1.54) is 6.07 Å². The van der Waals surface area contributed by atoms with E-state index in [9.17, 15) is 13.2 Å². The lowest BCUT2D eigenvalue weighted by molar-refractivity contribution is -0.274. The lowest BCUT2D eigenvalue weighted by Crippen LogP contribution is -2.18. The smallest absolute Gasteiger partial charge is 0.405 e. The van der Waals surface area contributed by atoms with Gasteiger partial charge >= 0.3 is 6.36 Å². The molecule has 1 atom stereocenters. The molecule has 0 aliphatic heterocycles. The monoisotopic (exact) mass is 231 g/mol. The van der Waals surface area contributed by atoms with E-state index in [2.05, 4.69) is 11.7 Å². The molecule has 0 N–H and O–H groups in total. The molecule has 0 saturated carbocycles. The first-order chi connectivity index (χ1) is 7.33. The van der Waals surface area contributed by atoms with Gasteiger partial charge in [0.25, 0.3) is 0 Å². The van der Waals surface area contributed by atoms with Gasteiger partial charge in [0.2, 0.25) is 0 Å². The molecule has 1 aromatic carbocycles. The summed E-state index contributed by atoms with van der Waals surface area (Å²) in [7, 11) is 0. The van der Waals surface area contributed by atoms with Crippen LogP contribution in [0, 0.1) is 6.92 Å². The van der Waals surface area contributed by atoms with Crippen LogP contribution in [0.15, 0.2) is 18.2 Å². The Balaban J connectivity index is 3.07. The highest BCUT2D eigenvalue weighted by molar-refractivity contribution is 5.39. The third kappa shape index (κ3) is 3.43. The number of ether oxygens (including phenoxy) is 1. The van der Waals surface area contributed by atoms with Crippen LogP contribution >= 0.6 is 0 Å². The Labute approximate surface area is 93.2 Å². The zero-order valence-electron chi connectivity index (χ0n) is 9.27. The SMILES string of the molecule is [CH2]C(C)c1ccc(CC)c(OC(F)(F)F)c1. The van der Waals surface area contributed by atoms with E-state index in [1.807, 2.05) is 6.92 Å². The number of benzene rings is 1. The number of hydrogen-bond donors (Lipinski definition) is 0. The highest BCUT2D eigenvalue weighted by Crippen LogP contribution is 2.29. The van der Waals surface area contributed by atoms with Gasteiger partial charge in [0.15, 0.2) is 0 Å². The van der Waals surface area contributed by atoms with Crippen molar-refractivity contribution in [2.75, 3.05) is 0 Å². The van der Waals surface area contributed by atoms with Gasteiger partial charge in [0.1, 0.15) is 5.75 Å². The maximum atomic E-state index is 12.2. The molecule has 0 fully saturated rings. The quantitative estimate of drug-likeness (QED) is 0.761. The summed E-state index contributed by atoms with van der Waals surface area (Å²) in [4.78, 5) is 0. The highest BCUT2D eigenvalue weighted by atomic mass is 19.4. The van der Waals surface area contributed by atoms with Crippen LogP contribution in [0.3, 0.4) is 0 Å². The topological polar surface area (TPSA) is 9.23 Å². The first-order valence-electron chi connectivity index (χ1n) is 5.05. The van der Waals surface area contributed by atoms with E-state index >= 15 is 0 Å². The number of halogens is 3. The molecular weight excluding hydrogens is 217 g/mol. The minimum Gasteiger partial charge on any atom is -0.405 e. The van der Waals surface area contributed by atoms with Gasteiger partial charge in [-0.25, -0.2) is 0 Å². The number of alkyl halides is 3. The molecule has 1 rings (SSSR count). The van der Waals surface area contributed by atoms with E-state index in [0.717, 1.165) is 5.56 Å². The predicted octanol–water partition coefficient (Wildman–Crippen LogP) is 4.09. The average Bonchev–Trinajstić information content (AvgIpc) is 2.15. The van der Waals surface area contributed by atoms with Crippen LogP contribution in [0.2, 0.25) is 0 Å². The van der Waals surface area contributed by atoms with Crippen LogP contribution in [0.4, 0.5) is 13.2 Å². The minimum absolute atomic E-state index is 0.0681.